The Morgan fingerprint density at radius 1 is 1.30 bits per heavy atom. The average Bonchev–Trinajstić information content (AvgIpc) is 2.97. The molecule has 0 amide bonds. The van der Waals surface area contributed by atoms with Crippen LogP contribution in [0.3, 0.4) is 0 Å². The maximum atomic E-state index is 11.3. The molecule has 3 N–H and O–H groups in total. The smallest absolute Gasteiger partial charge is 0.206 e. The van der Waals surface area contributed by atoms with Crippen molar-refractivity contribution in [2.75, 3.05) is 6.61 Å². The molecule has 2 atom stereocenters. The normalized spacial score (nSPS) is 17.8. The van der Waals surface area contributed by atoms with Gasteiger partial charge in [0, 0.05) is 5.22 Å². The van der Waals surface area contributed by atoms with Crippen LogP contribution in [0.25, 0.3) is 12.2 Å². The molecule has 144 valence electrons. The van der Waals surface area contributed by atoms with Crippen molar-refractivity contribution in [2.45, 2.75) is 37.2 Å². The van der Waals surface area contributed by atoms with Crippen molar-refractivity contribution in [2.24, 2.45) is 0 Å². The van der Waals surface area contributed by atoms with Gasteiger partial charge in [-0.1, -0.05) is 36.0 Å². The summed E-state index contributed by atoms with van der Waals surface area (Å²) < 4.78 is 5.27. The van der Waals surface area contributed by atoms with E-state index in [1.54, 1.807) is 13.0 Å². The molecule has 0 bridgehead atoms. The first-order chi connectivity index (χ1) is 12.9. The van der Waals surface area contributed by atoms with Gasteiger partial charge in [0.2, 0.25) is 5.78 Å². The Bertz CT molecular complexity index is 928. The topological polar surface area (TPSA) is 99.9 Å². The zero-order valence-electron chi connectivity index (χ0n) is 15.4. The summed E-state index contributed by atoms with van der Waals surface area (Å²) in [5.74, 6) is 0.807. The largest absolute Gasteiger partial charge is 0.505 e. The van der Waals surface area contributed by atoms with Crippen LogP contribution in [0.1, 0.15) is 31.1 Å². The van der Waals surface area contributed by atoms with E-state index in [0.29, 0.717) is 16.2 Å². The van der Waals surface area contributed by atoms with Crippen LogP contribution in [-0.4, -0.2) is 44.2 Å². The summed E-state index contributed by atoms with van der Waals surface area (Å²) in [5, 5.41) is 29.4. The molecule has 7 heteroatoms. The van der Waals surface area contributed by atoms with Crippen molar-refractivity contribution in [3.8, 4) is 11.5 Å². The number of carbonyl (C=O) groups excluding carboxylic acids is 1. The highest BCUT2D eigenvalue weighted by Gasteiger charge is 2.27. The fraction of sp³-hybridized carbons (Fsp3) is 0.300. The number of ether oxygens (including phenoxy) is 1. The van der Waals surface area contributed by atoms with Gasteiger partial charge in [0.25, 0.3) is 0 Å². The highest BCUT2D eigenvalue weighted by molar-refractivity contribution is 7.99. The quantitative estimate of drug-likeness (QED) is 0.539. The summed E-state index contributed by atoms with van der Waals surface area (Å²) in [6.07, 6.45) is 4.68. The number of Topliss-reactive ketones (excluding diaryl/α,β-unsaturated/α-hetero) is 1. The van der Waals surface area contributed by atoms with Gasteiger partial charge in [-0.25, -0.2) is 0 Å². The van der Waals surface area contributed by atoms with E-state index in [4.69, 9.17) is 9.84 Å². The first kappa shape index (κ1) is 21.0. The van der Waals surface area contributed by atoms with Crippen LogP contribution < -0.4 is 15.3 Å². The fourth-order valence-electron chi connectivity index (χ4n) is 2.56. The second-order valence-electron chi connectivity index (χ2n) is 5.72. The van der Waals surface area contributed by atoms with Gasteiger partial charge in [0.05, 0.1) is 28.6 Å². The lowest BCUT2D eigenvalue weighted by Crippen LogP contribution is -2.30. The van der Waals surface area contributed by atoms with Crippen LogP contribution in [0.4, 0.5) is 0 Å². The zero-order chi connectivity index (χ0) is 20.0. The van der Waals surface area contributed by atoms with Crippen molar-refractivity contribution in [3.05, 3.63) is 46.6 Å². The molecule has 1 aromatic carbocycles. The Labute approximate surface area is 161 Å². The summed E-state index contributed by atoms with van der Waals surface area (Å²) in [5.41, 5.74) is -0.239. The van der Waals surface area contributed by atoms with E-state index in [1.807, 2.05) is 44.2 Å². The molecule has 2 unspecified atom stereocenters. The van der Waals surface area contributed by atoms with E-state index in [9.17, 15) is 15.0 Å². The molecular formula is C20H23NO5S. The molecule has 0 spiro atoms. The number of carbonyl (C=O) groups is 1. The summed E-state index contributed by atoms with van der Waals surface area (Å²) in [7, 11) is 0. The number of ketones is 1. The lowest BCUT2D eigenvalue weighted by molar-refractivity contribution is 0.0878. The van der Waals surface area contributed by atoms with Crippen LogP contribution >= 0.6 is 11.8 Å². The minimum absolute atomic E-state index is 0.0104. The number of hydrogen-bond acceptors (Lipinski definition) is 7. The third kappa shape index (κ3) is 4.88. The summed E-state index contributed by atoms with van der Waals surface area (Å²) >= 11 is 1.02. The molecule has 0 saturated heterocycles. The molecule has 0 saturated carbocycles. The van der Waals surface area contributed by atoms with Gasteiger partial charge in [-0.2, -0.15) is 0 Å². The monoisotopic (exact) mass is 389 g/mol. The molecule has 1 aliphatic heterocycles. The Balaban J connectivity index is 0.000000206. The lowest BCUT2D eigenvalue weighted by Gasteiger charge is -2.09. The Morgan fingerprint density at radius 3 is 2.59 bits per heavy atom. The Hall–Kier alpha value is -2.35. The lowest BCUT2D eigenvalue weighted by atomic mass is 10.1. The maximum absolute atomic E-state index is 11.3. The van der Waals surface area contributed by atoms with Crippen LogP contribution in [0, 0.1) is 0 Å². The van der Waals surface area contributed by atoms with Crippen LogP contribution in [0.15, 0.2) is 35.4 Å². The summed E-state index contributed by atoms with van der Waals surface area (Å²) in [4.78, 5) is 15.9. The summed E-state index contributed by atoms with van der Waals surface area (Å²) in [6, 6.07) is 7.32. The van der Waals surface area contributed by atoms with Crippen molar-refractivity contribution in [1.82, 2.24) is 4.98 Å². The van der Waals surface area contributed by atoms with Gasteiger partial charge in [-0.05, 0) is 32.9 Å². The Kier molecular flexibility index (Phi) is 7.41. The number of aliphatic hydroxyl groups excluding tert-OH is 2. The van der Waals surface area contributed by atoms with Crippen molar-refractivity contribution < 1.29 is 24.9 Å². The number of aromatic nitrogens is 1. The van der Waals surface area contributed by atoms with Crippen LogP contribution in [-0.2, 0) is 0 Å². The van der Waals surface area contributed by atoms with E-state index in [2.05, 4.69) is 4.98 Å². The van der Waals surface area contributed by atoms with E-state index in [0.717, 1.165) is 22.3 Å². The van der Waals surface area contributed by atoms with Gasteiger partial charge in [-0.3, -0.25) is 9.78 Å². The third-order valence-electron chi connectivity index (χ3n) is 3.88. The molecule has 0 aliphatic carbocycles. The third-order valence-corrected chi connectivity index (χ3v) is 4.96. The minimum atomic E-state index is -0.947. The van der Waals surface area contributed by atoms with Crippen LogP contribution in [0.5, 0.6) is 11.5 Å². The van der Waals surface area contributed by atoms with Gasteiger partial charge < -0.3 is 20.1 Å². The van der Waals surface area contributed by atoms with Crippen molar-refractivity contribution >= 4 is 29.7 Å². The predicted octanol–water partition coefficient (Wildman–Crippen LogP) is 1.44. The molecular weight excluding hydrogens is 366 g/mol. The molecule has 2 heterocycles. The molecule has 6 nitrogen and oxygen atoms in total. The molecule has 27 heavy (non-hydrogen) atoms. The van der Waals surface area contributed by atoms with Gasteiger partial charge >= 0.3 is 0 Å². The number of pyridine rings is 1. The highest BCUT2D eigenvalue weighted by atomic mass is 32.2. The maximum Gasteiger partial charge on any atom is 0.206 e. The van der Waals surface area contributed by atoms with E-state index < -0.39 is 5.44 Å². The van der Waals surface area contributed by atoms with Gasteiger partial charge in [-0.15, -0.1) is 0 Å². The molecule has 0 fully saturated rings. The zero-order valence-corrected chi connectivity index (χ0v) is 16.2. The van der Waals surface area contributed by atoms with E-state index in [1.165, 1.54) is 6.20 Å². The highest BCUT2D eigenvalue weighted by Crippen LogP contribution is 2.27. The minimum Gasteiger partial charge on any atom is -0.505 e. The number of thioether (sulfide) groups is 1. The number of benzene rings is 1. The number of rotatable bonds is 3. The molecule has 2 aromatic rings. The number of para-hydroxylation sites is 1. The second-order valence-corrected chi connectivity index (χ2v) is 6.91. The van der Waals surface area contributed by atoms with Crippen molar-refractivity contribution in [1.29, 1.82) is 0 Å². The molecule has 1 aliphatic rings. The Morgan fingerprint density at radius 2 is 2.00 bits per heavy atom. The number of hydrogen-bond donors (Lipinski definition) is 3. The fourth-order valence-corrected chi connectivity index (χ4v) is 3.42. The predicted molar refractivity (Wildman–Crippen MR) is 105 cm³/mol. The number of fused-ring (bicyclic) bond motifs is 1. The molecule has 0 radical (unpaired) electrons. The van der Waals surface area contributed by atoms with E-state index in [-0.39, 0.29) is 24.2 Å². The van der Waals surface area contributed by atoms with Gasteiger partial charge in [0.1, 0.15) is 16.9 Å². The van der Waals surface area contributed by atoms with Crippen LogP contribution in [0.2, 0.25) is 0 Å². The number of nitrogens with zero attached hydrogens (tertiary/aromatic N) is 1. The average molecular weight is 389 g/mol. The van der Waals surface area contributed by atoms with Crippen molar-refractivity contribution in [3.63, 3.8) is 0 Å². The standard InChI is InChI=1S/C11H15NO3S.C9H8O2/c1-3-7-8(4-2)12-5-9(14)11(7)16-10(15)6-13;1-6-9(10)7-4-2-3-5-8(7)11-6/h3-5,10,13-15H,6H2,1-2H3;2-6H,1H3/b7-3+,8-4+;. The first-order valence-electron chi connectivity index (χ1n) is 8.49. The first-order valence-corrected chi connectivity index (χ1v) is 9.37. The molecule has 3 rings (SSSR count). The number of aliphatic hydroxyl groups is 2. The summed E-state index contributed by atoms with van der Waals surface area (Å²) in [6.45, 7) is 5.09. The van der Waals surface area contributed by atoms with Gasteiger partial charge in [0.15, 0.2) is 6.10 Å². The van der Waals surface area contributed by atoms with E-state index >= 15 is 0 Å². The SMILES string of the molecule is C/C=c1/ncc(O)c(SC(O)CO)/c1=C/C.CC1Oc2ccccc2C1=O. The number of aromatic hydroxyl groups is 1. The molecule has 1 aromatic heterocycles. The second kappa shape index (κ2) is 9.55.